The number of nitrogens with two attached hydrogens (primary N) is 2. The fourth-order valence-electron chi connectivity index (χ4n) is 1.43. The van der Waals surface area contributed by atoms with Gasteiger partial charge in [-0.15, -0.1) is 0 Å². The number of carbonyl (C=O) groups is 1. The van der Waals surface area contributed by atoms with Gasteiger partial charge in [-0.25, -0.2) is 9.18 Å². The summed E-state index contributed by atoms with van der Waals surface area (Å²) in [5.41, 5.74) is 11.1. The molecule has 15 heavy (non-hydrogen) atoms. The van der Waals surface area contributed by atoms with Gasteiger partial charge in [0, 0.05) is 16.9 Å². The van der Waals surface area contributed by atoms with Gasteiger partial charge in [-0.1, -0.05) is 6.92 Å². The number of rotatable bonds is 3. The number of alkyl halides is 1. The summed E-state index contributed by atoms with van der Waals surface area (Å²) in [5.74, 6) is -1.22. The molecule has 5 N–H and O–H groups in total. The van der Waals surface area contributed by atoms with Crippen LogP contribution in [0.3, 0.4) is 0 Å². The highest BCUT2D eigenvalue weighted by Crippen LogP contribution is 2.31. The fourth-order valence-corrected chi connectivity index (χ4v) is 1.43. The standard InChI is InChI=1S/C10H13FN2O2/c1-2-7(11)9-6(10(14)15)3-5(12)4-8(9)13/h3-4,7H,2,12-13H2,1H3,(H,14,15). The number of hydrogen-bond donors (Lipinski definition) is 3. The zero-order valence-corrected chi connectivity index (χ0v) is 8.33. The lowest BCUT2D eigenvalue weighted by Gasteiger charge is -2.13. The largest absolute Gasteiger partial charge is 0.478 e. The molecule has 1 atom stereocenters. The van der Waals surface area contributed by atoms with Crippen LogP contribution < -0.4 is 11.5 Å². The minimum absolute atomic E-state index is 0.0131. The van der Waals surface area contributed by atoms with Gasteiger partial charge in [-0.2, -0.15) is 0 Å². The van der Waals surface area contributed by atoms with Crippen molar-refractivity contribution in [2.45, 2.75) is 19.5 Å². The van der Waals surface area contributed by atoms with Crippen molar-refractivity contribution in [3.05, 3.63) is 23.3 Å². The highest BCUT2D eigenvalue weighted by Gasteiger charge is 2.20. The summed E-state index contributed by atoms with van der Waals surface area (Å²) in [5, 5.41) is 8.88. The van der Waals surface area contributed by atoms with E-state index < -0.39 is 12.1 Å². The second kappa shape index (κ2) is 4.16. The molecule has 0 saturated carbocycles. The van der Waals surface area contributed by atoms with E-state index in [1.165, 1.54) is 12.1 Å². The Kier molecular flexibility index (Phi) is 3.14. The van der Waals surface area contributed by atoms with Crippen molar-refractivity contribution in [1.82, 2.24) is 0 Å². The maximum Gasteiger partial charge on any atom is 0.336 e. The van der Waals surface area contributed by atoms with E-state index in [1.54, 1.807) is 6.92 Å². The second-order valence-electron chi connectivity index (χ2n) is 3.25. The van der Waals surface area contributed by atoms with Crippen LogP contribution >= 0.6 is 0 Å². The molecule has 1 unspecified atom stereocenters. The van der Waals surface area contributed by atoms with Gasteiger partial charge < -0.3 is 16.6 Å². The summed E-state index contributed by atoms with van der Waals surface area (Å²) in [4.78, 5) is 10.9. The van der Waals surface area contributed by atoms with Gasteiger partial charge in [0.15, 0.2) is 0 Å². The van der Waals surface area contributed by atoms with Crippen LogP contribution in [-0.2, 0) is 0 Å². The van der Waals surface area contributed by atoms with Crippen LogP contribution in [0.5, 0.6) is 0 Å². The van der Waals surface area contributed by atoms with Crippen LogP contribution in [0.2, 0.25) is 0 Å². The number of carboxylic acids is 1. The van der Waals surface area contributed by atoms with Gasteiger partial charge in [-0.05, 0) is 18.6 Å². The molecule has 0 fully saturated rings. The first-order valence-corrected chi connectivity index (χ1v) is 4.53. The molecule has 5 heteroatoms. The number of aromatic carboxylic acids is 1. The first-order chi connectivity index (χ1) is 6.97. The predicted molar refractivity (Wildman–Crippen MR) is 56.4 cm³/mol. The summed E-state index contributed by atoms with van der Waals surface area (Å²) in [7, 11) is 0. The Morgan fingerprint density at radius 1 is 1.53 bits per heavy atom. The molecule has 0 heterocycles. The number of halogens is 1. The Hall–Kier alpha value is -1.78. The lowest BCUT2D eigenvalue weighted by atomic mass is 9.99. The molecule has 1 aromatic carbocycles. The molecular weight excluding hydrogens is 199 g/mol. The predicted octanol–water partition coefficient (Wildman–Crippen LogP) is 1.97. The summed E-state index contributed by atoms with van der Waals surface area (Å²) < 4.78 is 13.5. The van der Waals surface area contributed by atoms with E-state index in [-0.39, 0.29) is 28.9 Å². The number of carboxylic acid groups (broad SMARTS) is 1. The van der Waals surface area contributed by atoms with Crippen molar-refractivity contribution >= 4 is 17.3 Å². The Morgan fingerprint density at radius 2 is 2.13 bits per heavy atom. The summed E-state index contributed by atoms with van der Waals surface area (Å²) in [6.45, 7) is 1.62. The van der Waals surface area contributed by atoms with E-state index in [9.17, 15) is 9.18 Å². The molecule has 1 aromatic rings. The molecule has 0 bridgehead atoms. The summed E-state index contributed by atoms with van der Waals surface area (Å²) in [6, 6.07) is 2.58. The molecule has 0 spiro atoms. The molecule has 0 aliphatic heterocycles. The Labute approximate surface area is 86.7 Å². The van der Waals surface area contributed by atoms with Crippen LogP contribution in [0, 0.1) is 0 Å². The molecule has 1 rings (SSSR count). The Morgan fingerprint density at radius 3 is 2.60 bits per heavy atom. The Balaban J connectivity index is 3.39. The highest BCUT2D eigenvalue weighted by atomic mass is 19.1. The smallest absolute Gasteiger partial charge is 0.336 e. The van der Waals surface area contributed by atoms with Gasteiger partial charge in [0.1, 0.15) is 6.17 Å². The Bertz CT molecular complexity index is 393. The van der Waals surface area contributed by atoms with Crippen LogP contribution in [0.15, 0.2) is 12.1 Å². The van der Waals surface area contributed by atoms with E-state index in [0.29, 0.717) is 0 Å². The molecule has 4 nitrogen and oxygen atoms in total. The lowest BCUT2D eigenvalue weighted by Crippen LogP contribution is -2.09. The average Bonchev–Trinajstić information content (AvgIpc) is 2.15. The molecule has 0 amide bonds. The van der Waals surface area contributed by atoms with Crippen molar-refractivity contribution in [3.8, 4) is 0 Å². The van der Waals surface area contributed by atoms with Gasteiger partial charge in [0.05, 0.1) is 5.56 Å². The minimum atomic E-state index is -1.38. The SMILES string of the molecule is CCC(F)c1c(N)cc(N)cc1C(=O)O. The zero-order valence-electron chi connectivity index (χ0n) is 8.33. The number of hydrogen-bond acceptors (Lipinski definition) is 3. The van der Waals surface area contributed by atoms with Crippen LogP contribution in [-0.4, -0.2) is 11.1 Å². The van der Waals surface area contributed by atoms with Crippen molar-refractivity contribution in [2.75, 3.05) is 11.5 Å². The maximum atomic E-state index is 13.5. The number of nitrogen functional groups attached to an aromatic ring is 2. The first kappa shape index (κ1) is 11.3. The molecule has 0 aromatic heterocycles. The molecule has 0 aliphatic rings. The fraction of sp³-hybridized carbons (Fsp3) is 0.300. The van der Waals surface area contributed by atoms with Gasteiger partial charge in [-0.3, -0.25) is 0 Å². The quantitative estimate of drug-likeness (QED) is 0.668. The third-order valence-electron chi connectivity index (χ3n) is 2.14. The maximum absolute atomic E-state index is 13.5. The van der Waals surface area contributed by atoms with E-state index in [2.05, 4.69) is 0 Å². The molecule has 0 radical (unpaired) electrons. The van der Waals surface area contributed by atoms with Crippen molar-refractivity contribution < 1.29 is 14.3 Å². The third kappa shape index (κ3) is 2.18. The lowest BCUT2D eigenvalue weighted by molar-refractivity contribution is 0.0693. The number of benzene rings is 1. The highest BCUT2D eigenvalue weighted by molar-refractivity contribution is 5.92. The van der Waals surface area contributed by atoms with Crippen LogP contribution in [0.1, 0.15) is 35.4 Å². The first-order valence-electron chi connectivity index (χ1n) is 4.53. The van der Waals surface area contributed by atoms with Crippen LogP contribution in [0.25, 0.3) is 0 Å². The molecule has 0 aliphatic carbocycles. The normalized spacial score (nSPS) is 12.4. The van der Waals surface area contributed by atoms with Crippen molar-refractivity contribution in [3.63, 3.8) is 0 Å². The second-order valence-corrected chi connectivity index (χ2v) is 3.25. The van der Waals surface area contributed by atoms with E-state index in [4.69, 9.17) is 16.6 Å². The van der Waals surface area contributed by atoms with Gasteiger partial charge in [0.2, 0.25) is 0 Å². The number of anilines is 2. The zero-order chi connectivity index (χ0) is 11.6. The monoisotopic (exact) mass is 212 g/mol. The van der Waals surface area contributed by atoms with E-state index >= 15 is 0 Å². The van der Waals surface area contributed by atoms with E-state index in [0.717, 1.165) is 0 Å². The van der Waals surface area contributed by atoms with E-state index in [1.807, 2.05) is 0 Å². The van der Waals surface area contributed by atoms with Crippen molar-refractivity contribution in [1.29, 1.82) is 0 Å². The van der Waals surface area contributed by atoms with Crippen molar-refractivity contribution in [2.24, 2.45) is 0 Å². The summed E-state index contributed by atoms with van der Waals surface area (Å²) in [6.07, 6.45) is -1.20. The topological polar surface area (TPSA) is 89.3 Å². The minimum Gasteiger partial charge on any atom is -0.478 e. The summed E-state index contributed by atoms with van der Waals surface area (Å²) >= 11 is 0. The third-order valence-corrected chi connectivity index (χ3v) is 2.14. The van der Waals surface area contributed by atoms with Gasteiger partial charge in [0.25, 0.3) is 0 Å². The molecular formula is C10H13FN2O2. The molecule has 82 valence electrons. The average molecular weight is 212 g/mol. The van der Waals surface area contributed by atoms with Crippen LogP contribution in [0.4, 0.5) is 15.8 Å². The van der Waals surface area contributed by atoms with Gasteiger partial charge >= 0.3 is 5.97 Å². The molecule has 0 saturated heterocycles.